The summed E-state index contributed by atoms with van der Waals surface area (Å²) >= 11 is 1.62. The van der Waals surface area contributed by atoms with Crippen molar-refractivity contribution < 1.29 is 5.11 Å². The number of piperidine rings is 1. The molecule has 0 bridgehead atoms. The third-order valence-corrected chi connectivity index (χ3v) is 4.79. The van der Waals surface area contributed by atoms with Crippen LogP contribution >= 0.6 is 11.3 Å². The third-order valence-electron chi connectivity index (χ3n) is 3.96. The fourth-order valence-corrected chi connectivity index (χ4v) is 3.49. The van der Waals surface area contributed by atoms with Gasteiger partial charge in [0.15, 0.2) is 10.9 Å². The fraction of sp³-hybridized carbons (Fsp3) is 0.533. The second-order valence-electron chi connectivity index (χ2n) is 5.53. The summed E-state index contributed by atoms with van der Waals surface area (Å²) in [7, 11) is 0. The number of hydrogen-bond acceptors (Lipinski definition) is 7. The molecule has 0 amide bonds. The number of nitrogens with one attached hydrogen (secondary N) is 1. The molecule has 2 aromatic rings. The summed E-state index contributed by atoms with van der Waals surface area (Å²) in [6.45, 7) is 5.02. The zero-order chi connectivity index (χ0) is 15.4. The number of aliphatic hydroxyl groups excluding tert-OH is 1. The quantitative estimate of drug-likeness (QED) is 0.880. The van der Waals surface area contributed by atoms with Crippen molar-refractivity contribution in [1.29, 1.82) is 0 Å². The molecule has 0 atom stereocenters. The van der Waals surface area contributed by atoms with E-state index in [2.05, 4.69) is 25.2 Å². The summed E-state index contributed by atoms with van der Waals surface area (Å²) in [6, 6.07) is 0. The molecule has 118 valence electrons. The van der Waals surface area contributed by atoms with E-state index in [4.69, 9.17) is 5.11 Å². The van der Waals surface area contributed by atoms with Crippen LogP contribution in [0.25, 0.3) is 0 Å². The number of anilines is 2. The molecule has 2 aromatic heterocycles. The molecular formula is C15H21N5OS. The van der Waals surface area contributed by atoms with E-state index in [1.165, 1.54) is 4.88 Å². The van der Waals surface area contributed by atoms with Crippen molar-refractivity contribution in [3.8, 4) is 0 Å². The van der Waals surface area contributed by atoms with Crippen LogP contribution in [0.1, 0.15) is 29.3 Å². The number of aliphatic hydroxyl groups is 1. The molecule has 0 aromatic carbocycles. The molecule has 2 N–H and O–H groups in total. The Morgan fingerprint density at radius 1 is 1.27 bits per heavy atom. The largest absolute Gasteiger partial charge is 0.395 e. The van der Waals surface area contributed by atoms with Crippen molar-refractivity contribution >= 4 is 22.3 Å². The van der Waals surface area contributed by atoms with Gasteiger partial charge < -0.3 is 15.3 Å². The van der Waals surface area contributed by atoms with Crippen LogP contribution in [0.4, 0.5) is 10.9 Å². The summed E-state index contributed by atoms with van der Waals surface area (Å²) in [5, 5.41) is 13.2. The molecule has 0 aliphatic carbocycles. The number of β-amino-alcohol motifs (C(OH)–C–C–N with tert-alkyl or cyclic N) is 1. The standard InChI is InChI=1S/C15H21N5OS/c1-11-10-18-15(22-11)19-14-13(16-4-5-17-14)12-2-6-20(7-3-12)8-9-21/h4-5,10,12,21H,2-3,6-9H2,1H3,(H,17,18,19). The number of nitrogens with zero attached hydrogens (tertiary/aromatic N) is 4. The van der Waals surface area contributed by atoms with E-state index in [1.807, 2.05) is 13.1 Å². The van der Waals surface area contributed by atoms with Crippen molar-refractivity contribution in [2.24, 2.45) is 0 Å². The Hall–Kier alpha value is -1.57. The van der Waals surface area contributed by atoms with Crippen LogP contribution < -0.4 is 5.32 Å². The van der Waals surface area contributed by atoms with Gasteiger partial charge in [-0.25, -0.2) is 9.97 Å². The Bertz CT molecular complexity index is 609. The van der Waals surface area contributed by atoms with E-state index in [0.29, 0.717) is 5.92 Å². The Morgan fingerprint density at radius 2 is 2.05 bits per heavy atom. The maximum Gasteiger partial charge on any atom is 0.188 e. The number of aromatic nitrogens is 3. The molecule has 7 heteroatoms. The molecule has 3 heterocycles. The Morgan fingerprint density at radius 3 is 2.73 bits per heavy atom. The van der Waals surface area contributed by atoms with E-state index in [-0.39, 0.29) is 6.61 Å². The minimum Gasteiger partial charge on any atom is -0.395 e. The van der Waals surface area contributed by atoms with Crippen molar-refractivity contribution in [1.82, 2.24) is 19.9 Å². The predicted octanol–water partition coefficient (Wildman–Crippen LogP) is 2.16. The smallest absolute Gasteiger partial charge is 0.188 e. The Balaban J connectivity index is 1.71. The molecule has 0 radical (unpaired) electrons. The van der Waals surface area contributed by atoms with Gasteiger partial charge in [-0.15, -0.1) is 11.3 Å². The summed E-state index contributed by atoms with van der Waals surface area (Å²) < 4.78 is 0. The van der Waals surface area contributed by atoms with Gasteiger partial charge in [-0.05, 0) is 32.9 Å². The van der Waals surface area contributed by atoms with Crippen LogP contribution in [0.2, 0.25) is 0 Å². The number of thiazole rings is 1. The molecule has 6 nitrogen and oxygen atoms in total. The normalized spacial score (nSPS) is 16.8. The van der Waals surface area contributed by atoms with Gasteiger partial charge >= 0.3 is 0 Å². The van der Waals surface area contributed by atoms with E-state index >= 15 is 0 Å². The van der Waals surface area contributed by atoms with Gasteiger partial charge in [0.05, 0.1) is 12.3 Å². The third kappa shape index (κ3) is 3.60. The first kappa shape index (κ1) is 15.3. The highest BCUT2D eigenvalue weighted by molar-refractivity contribution is 7.15. The number of likely N-dealkylation sites (tertiary alicyclic amines) is 1. The van der Waals surface area contributed by atoms with Crippen molar-refractivity contribution in [3.05, 3.63) is 29.2 Å². The summed E-state index contributed by atoms with van der Waals surface area (Å²) in [4.78, 5) is 16.8. The first-order chi connectivity index (χ1) is 10.8. The zero-order valence-electron chi connectivity index (χ0n) is 12.7. The first-order valence-corrected chi connectivity index (χ1v) is 8.41. The molecule has 0 spiro atoms. The molecule has 3 rings (SSSR count). The van der Waals surface area contributed by atoms with Crippen LogP contribution in [0, 0.1) is 6.92 Å². The van der Waals surface area contributed by atoms with E-state index in [0.717, 1.165) is 49.1 Å². The molecule has 1 fully saturated rings. The lowest BCUT2D eigenvalue weighted by molar-refractivity contribution is 0.163. The molecule has 1 aliphatic rings. The van der Waals surface area contributed by atoms with Gasteiger partial charge in [0.25, 0.3) is 0 Å². The zero-order valence-corrected chi connectivity index (χ0v) is 13.5. The Labute approximate surface area is 134 Å². The SMILES string of the molecule is Cc1cnc(Nc2nccnc2C2CCN(CCO)CC2)s1. The van der Waals surface area contributed by atoms with Gasteiger partial charge in [-0.2, -0.15) is 0 Å². The molecule has 22 heavy (non-hydrogen) atoms. The van der Waals surface area contributed by atoms with Gasteiger partial charge in [-0.1, -0.05) is 0 Å². The van der Waals surface area contributed by atoms with Crippen LogP contribution in [-0.4, -0.2) is 51.2 Å². The minimum absolute atomic E-state index is 0.228. The molecule has 1 saturated heterocycles. The van der Waals surface area contributed by atoms with E-state index < -0.39 is 0 Å². The molecule has 1 aliphatic heterocycles. The van der Waals surface area contributed by atoms with Crippen molar-refractivity contribution in [3.63, 3.8) is 0 Å². The fourth-order valence-electron chi connectivity index (χ4n) is 2.83. The summed E-state index contributed by atoms with van der Waals surface area (Å²) in [5.74, 6) is 1.23. The maximum atomic E-state index is 9.03. The lowest BCUT2D eigenvalue weighted by Crippen LogP contribution is -2.35. The van der Waals surface area contributed by atoms with Crippen molar-refractivity contribution in [2.45, 2.75) is 25.7 Å². The topological polar surface area (TPSA) is 74.2 Å². The van der Waals surface area contributed by atoms with Crippen LogP contribution in [0.3, 0.4) is 0 Å². The minimum atomic E-state index is 0.228. The lowest BCUT2D eigenvalue weighted by atomic mass is 9.93. The molecular weight excluding hydrogens is 298 g/mol. The summed E-state index contributed by atoms with van der Waals surface area (Å²) in [6.07, 6.45) is 7.42. The second kappa shape index (κ2) is 7.13. The maximum absolute atomic E-state index is 9.03. The lowest BCUT2D eigenvalue weighted by Gasteiger charge is -2.31. The second-order valence-corrected chi connectivity index (χ2v) is 6.77. The first-order valence-electron chi connectivity index (χ1n) is 7.60. The predicted molar refractivity (Wildman–Crippen MR) is 87.7 cm³/mol. The summed E-state index contributed by atoms with van der Waals surface area (Å²) in [5.41, 5.74) is 1.03. The van der Waals surface area contributed by atoms with E-state index in [9.17, 15) is 0 Å². The average Bonchev–Trinajstić information content (AvgIpc) is 2.94. The van der Waals surface area contributed by atoms with Gasteiger partial charge in [0, 0.05) is 35.9 Å². The highest BCUT2D eigenvalue weighted by Crippen LogP contribution is 2.32. The average molecular weight is 319 g/mol. The highest BCUT2D eigenvalue weighted by atomic mass is 32.1. The van der Waals surface area contributed by atoms with Gasteiger partial charge in [0.2, 0.25) is 0 Å². The number of hydrogen-bond donors (Lipinski definition) is 2. The van der Waals surface area contributed by atoms with Crippen molar-refractivity contribution in [2.75, 3.05) is 31.6 Å². The Kier molecular flexibility index (Phi) is 4.97. The number of rotatable bonds is 5. The monoisotopic (exact) mass is 319 g/mol. The van der Waals surface area contributed by atoms with Crippen LogP contribution in [0.5, 0.6) is 0 Å². The molecule has 0 saturated carbocycles. The van der Waals surface area contributed by atoms with E-state index in [1.54, 1.807) is 23.7 Å². The van der Waals surface area contributed by atoms with Crippen LogP contribution in [-0.2, 0) is 0 Å². The van der Waals surface area contributed by atoms with Gasteiger partial charge in [0.1, 0.15) is 0 Å². The molecule has 0 unspecified atom stereocenters. The number of aryl methyl sites for hydroxylation is 1. The van der Waals surface area contributed by atoms with Crippen LogP contribution in [0.15, 0.2) is 18.6 Å². The van der Waals surface area contributed by atoms with Gasteiger partial charge in [-0.3, -0.25) is 4.98 Å². The highest BCUT2D eigenvalue weighted by Gasteiger charge is 2.24.